The number of allylic oxidation sites excluding steroid dienone is 6. The number of primary amides is 6. The zero-order chi connectivity index (χ0) is 66.7. The predicted octanol–water partition coefficient (Wildman–Crippen LogP) is 3.16. The number of amides is 7. The number of nitrogens with one attached hydrogen (secondary N) is 2. The van der Waals surface area contributed by atoms with Gasteiger partial charge in [0, 0.05) is 131 Å². The molecule has 6 aliphatic heterocycles. The van der Waals surface area contributed by atoms with Crippen molar-refractivity contribution in [2.75, 3.05) is 13.2 Å². The van der Waals surface area contributed by atoms with E-state index >= 15 is 0 Å². The van der Waals surface area contributed by atoms with Gasteiger partial charge < -0.3 is 69.4 Å². The molecule has 15 atom stereocenters. The van der Waals surface area contributed by atoms with Crippen LogP contribution >= 0.6 is 7.82 Å². The average molecular weight is 1270 g/mol. The molecule has 8 rings (SSSR count). The first-order chi connectivity index (χ1) is 41.8. The van der Waals surface area contributed by atoms with E-state index in [0.29, 0.717) is 56.4 Å². The van der Waals surface area contributed by atoms with Crippen molar-refractivity contribution in [1.82, 2.24) is 20.2 Å². The number of benzene rings is 1. The lowest BCUT2D eigenvalue weighted by atomic mass is 9.55. The number of rotatable bonds is 26. The average Bonchev–Trinajstić information content (AvgIpc) is 1.53. The van der Waals surface area contributed by atoms with Crippen LogP contribution in [0.4, 0.5) is 0 Å². The minimum atomic E-state index is -5.07. The Morgan fingerprint density at radius 3 is 1.99 bits per heavy atom. The quantitative estimate of drug-likeness (QED) is 0.0603. The molecule has 7 amide bonds. The maximum absolute atomic E-state index is 14.4. The molecule has 6 aliphatic rings. The van der Waals surface area contributed by atoms with E-state index in [1.54, 1.807) is 4.57 Å². The number of aliphatic imine (C=N–C) groups is 3. The number of aliphatic hydroxyl groups is 2. The minimum Gasteiger partial charge on any atom is -0.394 e. The fraction of sp³-hybridized carbons (Fsp3) is 0.629. The van der Waals surface area contributed by atoms with Crippen molar-refractivity contribution in [1.29, 1.82) is 0 Å². The molecule has 2 fully saturated rings. The smallest absolute Gasteiger partial charge is 0.394 e. The maximum atomic E-state index is 14.4. The standard InChI is InChI=1S/C62H90N13O14P/c1-29-20-39-40(21-30(29)2)75(28-70-39)57-52(84)53(41(27-76)87-57)89-90(85,86)88-31(3)26-69-49(83)18-19-59(8)37(22-46(66)80)56-62(11)61(10,25-48(68)82)36(14-17-45(65)79)51(74-62)33(5)55-60(9,24-47(67)81)34(12-15-43(63)77)38(71-55)23-42-58(6,7)35(13-16-44(64)78)50(72-42)32(4)54(59)73-56/h20-21,23,28,31,34-37,41,52-53,56-57,71,76,84H,12-19,22,24-27H2,1-11H3,(H2,63,77)(H2,64,78)(H2,65,79)(H2,66,80)(H2,67,81)(H2,68,82)(H,69,83)(H,85,86)/b38-23?,50-32?,55-33-/t31?,34-,35?,36-,37+,41+,52+,53+,56?,57-,59-,60+,61+,62+/m1/s1. The van der Waals surface area contributed by atoms with Crippen molar-refractivity contribution in [3.8, 4) is 0 Å². The third-order valence-corrected chi connectivity index (χ3v) is 21.7. The van der Waals surface area contributed by atoms with Gasteiger partial charge >= 0.3 is 7.82 Å². The number of ether oxygens (including phenoxy) is 1. The van der Waals surface area contributed by atoms with Gasteiger partial charge in [-0.05, 0) is 108 Å². The molecule has 27 nitrogen and oxygen atoms in total. The highest BCUT2D eigenvalue weighted by Gasteiger charge is 2.66. The molecule has 1 aromatic carbocycles. The molecule has 17 N–H and O–H groups in total. The molecule has 0 spiro atoms. The van der Waals surface area contributed by atoms with Crippen LogP contribution in [0.15, 0.2) is 67.8 Å². The van der Waals surface area contributed by atoms with Gasteiger partial charge in [0.1, 0.15) is 18.3 Å². The van der Waals surface area contributed by atoms with E-state index < -0.39 is 143 Å². The fourth-order valence-corrected chi connectivity index (χ4v) is 16.6. The van der Waals surface area contributed by atoms with Crippen LogP contribution in [0, 0.1) is 59.2 Å². The molecule has 7 heterocycles. The number of carbonyl (C=O) groups is 7. The summed E-state index contributed by atoms with van der Waals surface area (Å²) in [6.45, 7) is 19.3. The van der Waals surface area contributed by atoms with Gasteiger partial charge in [-0.1, -0.05) is 34.6 Å². The molecule has 0 aliphatic carbocycles. The summed E-state index contributed by atoms with van der Waals surface area (Å²) in [5.41, 5.74) is 37.4. The summed E-state index contributed by atoms with van der Waals surface area (Å²) in [5.74, 6) is -7.18. The number of hydrogen-bond donors (Lipinski definition) is 11. The van der Waals surface area contributed by atoms with Crippen LogP contribution in [-0.4, -0.2) is 132 Å². The number of aromatic nitrogens is 2. The second-order valence-electron chi connectivity index (χ2n) is 27.1. The third-order valence-electron chi connectivity index (χ3n) is 20.6. The highest BCUT2D eigenvalue weighted by Crippen LogP contribution is 2.63. The molecule has 90 heavy (non-hydrogen) atoms. The maximum Gasteiger partial charge on any atom is 0.472 e. The minimum absolute atomic E-state index is 0.0114. The molecular weight excluding hydrogens is 1180 g/mol. The second-order valence-corrected chi connectivity index (χ2v) is 28.4. The fourth-order valence-electron chi connectivity index (χ4n) is 15.4. The number of hydrogen-bond acceptors (Lipinski definition) is 18. The number of imidazole rings is 1. The molecule has 1 aromatic heterocycles. The van der Waals surface area contributed by atoms with Crippen LogP contribution in [-0.2, 0) is 51.9 Å². The summed E-state index contributed by atoms with van der Waals surface area (Å²) in [4.78, 5) is 126. The topological polar surface area (TPSA) is 460 Å². The predicted molar refractivity (Wildman–Crippen MR) is 334 cm³/mol. The van der Waals surface area contributed by atoms with E-state index in [0.717, 1.165) is 11.1 Å². The molecule has 4 unspecified atom stereocenters. The molecular formula is C62H90N13O14P. The first-order valence-electron chi connectivity index (χ1n) is 30.6. The van der Waals surface area contributed by atoms with Gasteiger partial charge in [-0.25, -0.2) is 9.55 Å². The highest BCUT2D eigenvalue weighted by molar-refractivity contribution is 7.47. The Labute approximate surface area is 523 Å². The molecule has 492 valence electrons. The number of carbonyl (C=O) groups excluding carboxylic acids is 7. The largest absolute Gasteiger partial charge is 0.472 e. The number of nitrogens with two attached hydrogens (primary N) is 6. The number of fused-ring (bicyclic) bond motifs is 7. The lowest BCUT2D eigenvalue weighted by molar-refractivity contribution is -0.124. The van der Waals surface area contributed by atoms with Crippen LogP contribution in [0.25, 0.3) is 11.0 Å². The Bertz CT molecular complexity index is 3540. The van der Waals surface area contributed by atoms with Crippen molar-refractivity contribution in [2.45, 2.75) is 189 Å². The van der Waals surface area contributed by atoms with Gasteiger partial charge in [0.15, 0.2) is 6.23 Å². The number of nitrogens with zero attached hydrogens (tertiary/aromatic N) is 5. The van der Waals surface area contributed by atoms with E-state index in [-0.39, 0.29) is 77.2 Å². The summed E-state index contributed by atoms with van der Waals surface area (Å²) in [5, 5.41) is 28.2. The van der Waals surface area contributed by atoms with Gasteiger partial charge in [-0.2, -0.15) is 0 Å². The molecule has 28 heteroatoms. The Hall–Kier alpha value is -7.00. The van der Waals surface area contributed by atoms with Crippen molar-refractivity contribution in [2.24, 2.45) is 94.7 Å². The summed E-state index contributed by atoms with van der Waals surface area (Å²) in [7, 11) is -5.07. The van der Waals surface area contributed by atoms with Crippen LogP contribution in [0.3, 0.4) is 0 Å². The normalized spacial score (nSPS) is 32.8. The number of phosphoric acid groups is 1. The zero-order valence-electron chi connectivity index (χ0n) is 53.3. The van der Waals surface area contributed by atoms with E-state index in [2.05, 4.69) is 15.6 Å². The van der Waals surface area contributed by atoms with Crippen LogP contribution in [0.1, 0.15) is 150 Å². The molecule has 2 aromatic rings. The van der Waals surface area contributed by atoms with Crippen molar-refractivity contribution >= 4 is 77.3 Å². The zero-order valence-corrected chi connectivity index (χ0v) is 54.1. The van der Waals surface area contributed by atoms with E-state index in [9.17, 15) is 53.2 Å². The van der Waals surface area contributed by atoms with Crippen molar-refractivity contribution < 1.29 is 67.0 Å². The van der Waals surface area contributed by atoms with Gasteiger partial charge in [0.05, 0.1) is 41.7 Å². The Kier molecular flexibility index (Phi) is 19.6. The number of aryl methyl sites for hydroxylation is 2. The Balaban J connectivity index is 1.19. The van der Waals surface area contributed by atoms with Crippen LogP contribution in [0.5, 0.6) is 0 Å². The first kappa shape index (κ1) is 68.9. The van der Waals surface area contributed by atoms with Crippen molar-refractivity contribution in [3.63, 3.8) is 0 Å². The summed E-state index contributed by atoms with van der Waals surface area (Å²) in [6.07, 6.45) is -4.26. The molecule has 8 bridgehead atoms. The second kappa shape index (κ2) is 25.6. The van der Waals surface area contributed by atoms with Gasteiger partial charge in [-0.15, -0.1) is 0 Å². The molecule has 0 radical (unpaired) electrons. The van der Waals surface area contributed by atoms with E-state index in [4.69, 9.17) is 63.2 Å². The SMILES string of the molecule is CC1=C2N=C(C=C3N/C(=C(/C)C4=N[C@@](C)(C5N=C1[C@](C)(CCC(=O)NCC(C)OP(=O)(O)O[C@@H]1[C@H](O)[C@H](n6cnc7cc(C)c(C)cc76)O[C@H]1CO)[C@H]5CC(N)=O)[C@@](C)(CC(N)=O)[C@@H]4CCC(N)=O)[C@@](C)(CC(N)=O)[C@@H]3CCC(N)=O)C(C)(C)C2CCC(N)=O. The van der Waals surface area contributed by atoms with E-state index in [1.807, 2.05) is 87.4 Å². The van der Waals surface area contributed by atoms with Crippen LogP contribution < -0.4 is 45.0 Å². The summed E-state index contributed by atoms with van der Waals surface area (Å²) >= 11 is 0. The molecule has 2 saturated heterocycles. The van der Waals surface area contributed by atoms with E-state index in [1.165, 1.54) is 13.3 Å². The monoisotopic (exact) mass is 1270 g/mol. The Morgan fingerprint density at radius 1 is 0.800 bits per heavy atom. The van der Waals surface area contributed by atoms with Gasteiger partial charge in [-0.3, -0.25) is 57.6 Å². The van der Waals surface area contributed by atoms with Crippen molar-refractivity contribution in [3.05, 3.63) is 63.9 Å². The third kappa shape index (κ3) is 13.0. The number of phosphoric ester groups is 1. The Morgan fingerprint density at radius 2 is 1.40 bits per heavy atom. The van der Waals surface area contributed by atoms with Crippen LogP contribution in [0.2, 0.25) is 0 Å². The first-order valence-corrected chi connectivity index (χ1v) is 32.1. The van der Waals surface area contributed by atoms with Gasteiger partial charge in [0.2, 0.25) is 41.4 Å². The number of aliphatic hydroxyl groups excluding tert-OH is 2. The summed E-state index contributed by atoms with van der Waals surface area (Å²) in [6, 6.07) is 2.70. The lowest BCUT2D eigenvalue weighted by Gasteiger charge is -2.48. The molecule has 0 saturated carbocycles. The highest BCUT2D eigenvalue weighted by atomic mass is 31.2. The summed E-state index contributed by atoms with van der Waals surface area (Å²) < 4.78 is 32.3. The van der Waals surface area contributed by atoms with Gasteiger partial charge in [0.25, 0.3) is 0 Å². The lowest BCUT2D eigenvalue weighted by Crippen LogP contribution is -2.56.